The van der Waals surface area contributed by atoms with Gasteiger partial charge >= 0.3 is 0 Å². The summed E-state index contributed by atoms with van der Waals surface area (Å²) in [5.74, 6) is 2.48. The van der Waals surface area contributed by atoms with Crippen LogP contribution in [0.3, 0.4) is 0 Å². The molecule has 1 aromatic heterocycles. The first-order valence-corrected chi connectivity index (χ1v) is 9.50. The molecule has 0 aliphatic carbocycles. The summed E-state index contributed by atoms with van der Waals surface area (Å²) < 4.78 is 5.82. The smallest absolute Gasteiger partial charge is 0.226 e. The molecule has 1 aromatic carbocycles. The topological polar surface area (TPSA) is 55.3 Å². The molecule has 2 aliphatic heterocycles. The van der Waals surface area contributed by atoms with Crippen molar-refractivity contribution in [2.24, 2.45) is 5.92 Å². The highest BCUT2D eigenvalue weighted by molar-refractivity contribution is 5.79. The molecule has 1 fully saturated rings. The summed E-state index contributed by atoms with van der Waals surface area (Å²) in [6, 6.07) is 10.1. The van der Waals surface area contributed by atoms with Gasteiger partial charge in [0.1, 0.15) is 11.6 Å². The lowest BCUT2D eigenvalue weighted by atomic mass is 9.90. The number of rotatable bonds is 2. The van der Waals surface area contributed by atoms with E-state index in [0.717, 1.165) is 61.6 Å². The third-order valence-corrected chi connectivity index (χ3v) is 5.53. The van der Waals surface area contributed by atoms with Crippen LogP contribution in [0.4, 0.5) is 0 Å². The van der Waals surface area contributed by atoms with Crippen molar-refractivity contribution < 1.29 is 9.53 Å². The van der Waals surface area contributed by atoms with Crippen molar-refractivity contribution in [2.75, 3.05) is 19.7 Å². The lowest BCUT2D eigenvalue weighted by molar-refractivity contribution is -0.136. The molecular formula is C21H25N3O2. The van der Waals surface area contributed by atoms with Crippen LogP contribution in [-0.4, -0.2) is 40.5 Å². The Bertz CT molecular complexity index is 784. The van der Waals surface area contributed by atoms with E-state index < -0.39 is 0 Å². The van der Waals surface area contributed by atoms with Crippen LogP contribution in [0.1, 0.15) is 42.3 Å². The molecule has 0 bridgehead atoms. The molecule has 26 heavy (non-hydrogen) atoms. The number of fused-ring (bicyclic) bond motifs is 1. The number of likely N-dealkylation sites (tertiary alicyclic amines) is 1. The Morgan fingerprint density at radius 2 is 1.96 bits per heavy atom. The van der Waals surface area contributed by atoms with Crippen LogP contribution >= 0.6 is 0 Å². The van der Waals surface area contributed by atoms with E-state index in [0.29, 0.717) is 12.5 Å². The molecule has 0 N–H and O–H groups in total. The van der Waals surface area contributed by atoms with Crippen LogP contribution in [0.15, 0.2) is 36.5 Å². The zero-order valence-electron chi connectivity index (χ0n) is 15.2. The maximum Gasteiger partial charge on any atom is 0.226 e. The van der Waals surface area contributed by atoms with Crippen LogP contribution in [-0.2, 0) is 11.2 Å². The molecule has 0 unspecified atom stereocenters. The predicted octanol–water partition coefficient (Wildman–Crippen LogP) is 3.13. The van der Waals surface area contributed by atoms with Crippen molar-refractivity contribution in [3.8, 4) is 5.75 Å². The molecule has 0 radical (unpaired) electrons. The van der Waals surface area contributed by atoms with Gasteiger partial charge in [-0.3, -0.25) is 4.79 Å². The number of para-hydroxylation sites is 1. The van der Waals surface area contributed by atoms with Gasteiger partial charge in [-0.15, -0.1) is 0 Å². The predicted molar refractivity (Wildman–Crippen MR) is 99.1 cm³/mol. The van der Waals surface area contributed by atoms with E-state index in [1.807, 2.05) is 42.3 Å². The molecule has 4 rings (SSSR count). The van der Waals surface area contributed by atoms with Gasteiger partial charge < -0.3 is 9.64 Å². The maximum atomic E-state index is 13.1. The van der Waals surface area contributed by atoms with Crippen LogP contribution in [0.5, 0.6) is 5.75 Å². The Balaban J connectivity index is 1.39. The van der Waals surface area contributed by atoms with E-state index in [1.54, 1.807) is 0 Å². The highest BCUT2D eigenvalue weighted by Crippen LogP contribution is 2.30. The number of aryl methyl sites for hydroxylation is 1. The SMILES string of the molecule is Cc1nccc(C2CCN(C(=O)[C@@H]3CCOc4ccccc4C3)CC2)n1. The Labute approximate surface area is 154 Å². The van der Waals surface area contributed by atoms with E-state index >= 15 is 0 Å². The molecule has 136 valence electrons. The number of carbonyl (C=O) groups is 1. The number of piperidine rings is 1. The minimum atomic E-state index is 0.0245. The summed E-state index contributed by atoms with van der Waals surface area (Å²) in [4.78, 5) is 23.8. The maximum absolute atomic E-state index is 13.1. The number of nitrogens with zero attached hydrogens (tertiary/aromatic N) is 3. The molecule has 5 heteroatoms. The summed E-state index contributed by atoms with van der Waals surface area (Å²) in [7, 11) is 0. The van der Waals surface area contributed by atoms with Crippen molar-refractivity contribution in [1.29, 1.82) is 0 Å². The van der Waals surface area contributed by atoms with Crippen LogP contribution in [0.25, 0.3) is 0 Å². The zero-order chi connectivity index (χ0) is 17.9. The molecule has 0 spiro atoms. The summed E-state index contributed by atoms with van der Waals surface area (Å²) >= 11 is 0. The molecule has 2 aliphatic rings. The molecule has 1 saturated heterocycles. The quantitative estimate of drug-likeness (QED) is 0.834. The van der Waals surface area contributed by atoms with Gasteiger partial charge in [-0.2, -0.15) is 0 Å². The Morgan fingerprint density at radius 3 is 2.77 bits per heavy atom. The molecule has 1 amide bonds. The highest BCUT2D eigenvalue weighted by Gasteiger charge is 2.31. The first-order valence-electron chi connectivity index (χ1n) is 9.50. The third-order valence-electron chi connectivity index (χ3n) is 5.53. The number of aromatic nitrogens is 2. The van der Waals surface area contributed by atoms with E-state index in [1.165, 1.54) is 0 Å². The zero-order valence-corrected chi connectivity index (χ0v) is 15.2. The Hall–Kier alpha value is -2.43. The second kappa shape index (κ2) is 7.44. The summed E-state index contributed by atoms with van der Waals surface area (Å²) in [5, 5.41) is 0. The molecule has 3 heterocycles. The fraction of sp³-hybridized carbons (Fsp3) is 0.476. The van der Waals surface area contributed by atoms with Crippen molar-refractivity contribution in [3.05, 3.63) is 53.6 Å². The van der Waals surface area contributed by atoms with E-state index in [9.17, 15) is 4.79 Å². The van der Waals surface area contributed by atoms with Gasteiger partial charge in [0.15, 0.2) is 0 Å². The van der Waals surface area contributed by atoms with Crippen LogP contribution < -0.4 is 4.74 Å². The van der Waals surface area contributed by atoms with Crippen molar-refractivity contribution in [2.45, 2.75) is 38.5 Å². The fourth-order valence-corrected chi connectivity index (χ4v) is 4.06. The van der Waals surface area contributed by atoms with Crippen LogP contribution in [0.2, 0.25) is 0 Å². The van der Waals surface area contributed by atoms with Gasteiger partial charge in [0.05, 0.1) is 6.61 Å². The van der Waals surface area contributed by atoms with E-state index in [4.69, 9.17) is 4.74 Å². The monoisotopic (exact) mass is 351 g/mol. The number of hydrogen-bond donors (Lipinski definition) is 0. The lowest BCUT2D eigenvalue weighted by Gasteiger charge is -2.34. The third kappa shape index (κ3) is 3.57. The Morgan fingerprint density at radius 1 is 1.15 bits per heavy atom. The minimum absolute atomic E-state index is 0.0245. The first kappa shape index (κ1) is 17.0. The van der Waals surface area contributed by atoms with Gasteiger partial charge in [0.25, 0.3) is 0 Å². The number of amides is 1. The van der Waals surface area contributed by atoms with Crippen LogP contribution in [0, 0.1) is 12.8 Å². The standard InChI is InChI=1S/C21H25N3O2/c1-15-22-10-6-19(23-15)16-7-11-24(12-8-16)21(25)18-9-13-26-20-5-3-2-4-17(20)14-18/h2-6,10,16,18H,7-9,11-14H2,1H3/t18-/m1/s1. The average Bonchev–Trinajstić information content (AvgIpc) is 2.90. The molecule has 2 aromatic rings. The largest absolute Gasteiger partial charge is 0.493 e. The number of hydrogen-bond acceptors (Lipinski definition) is 4. The fourth-order valence-electron chi connectivity index (χ4n) is 4.06. The molecular weight excluding hydrogens is 326 g/mol. The van der Waals surface area contributed by atoms with Gasteiger partial charge in [0, 0.05) is 36.8 Å². The van der Waals surface area contributed by atoms with E-state index in [-0.39, 0.29) is 11.8 Å². The lowest BCUT2D eigenvalue weighted by Crippen LogP contribution is -2.42. The number of ether oxygens (including phenoxy) is 1. The molecule has 0 saturated carbocycles. The summed E-state index contributed by atoms with van der Waals surface area (Å²) in [6.45, 7) is 4.16. The second-order valence-electron chi connectivity index (χ2n) is 7.27. The first-order chi connectivity index (χ1) is 12.7. The minimum Gasteiger partial charge on any atom is -0.493 e. The Kier molecular flexibility index (Phi) is 4.87. The molecule has 5 nitrogen and oxygen atoms in total. The number of carbonyl (C=O) groups excluding carboxylic acids is 1. The second-order valence-corrected chi connectivity index (χ2v) is 7.27. The van der Waals surface area contributed by atoms with Gasteiger partial charge in [-0.05, 0) is 50.3 Å². The normalized spacial score (nSPS) is 20.8. The van der Waals surface area contributed by atoms with Crippen molar-refractivity contribution in [1.82, 2.24) is 14.9 Å². The van der Waals surface area contributed by atoms with Crippen molar-refractivity contribution >= 4 is 5.91 Å². The van der Waals surface area contributed by atoms with Gasteiger partial charge in [0.2, 0.25) is 5.91 Å². The highest BCUT2D eigenvalue weighted by atomic mass is 16.5. The van der Waals surface area contributed by atoms with E-state index in [2.05, 4.69) is 16.0 Å². The van der Waals surface area contributed by atoms with Gasteiger partial charge in [-0.1, -0.05) is 18.2 Å². The number of benzene rings is 1. The summed E-state index contributed by atoms with van der Waals surface area (Å²) in [6.07, 6.45) is 5.35. The van der Waals surface area contributed by atoms with Gasteiger partial charge in [-0.25, -0.2) is 9.97 Å². The average molecular weight is 351 g/mol. The molecule has 1 atom stereocenters. The summed E-state index contributed by atoms with van der Waals surface area (Å²) in [5.41, 5.74) is 2.26. The van der Waals surface area contributed by atoms with Crippen molar-refractivity contribution in [3.63, 3.8) is 0 Å².